The molecule has 2 aromatic heterocycles. The number of rotatable bonds is 3. The number of aryl methyl sites for hydroxylation is 2. The number of furan rings is 1. The highest BCUT2D eigenvalue weighted by Gasteiger charge is 2.23. The molecule has 2 heterocycles. The molecule has 0 bridgehead atoms. The van der Waals surface area contributed by atoms with Crippen LogP contribution in [0, 0.1) is 6.92 Å². The van der Waals surface area contributed by atoms with Crippen molar-refractivity contribution in [2.24, 2.45) is 7.05 Å². The third-order valence-electron chi connectivity index (χ3n) is 5.44. The van der Waals surface area contributed by atoms with Gasteiger partial charge in [0.15, 0.2) is 5.58 Å². The summed E-state index contributed by atoms with van der Waals surface area (Å²) in [4.78, 5) is 13.4. The predicted molar refractivity (Wildman–Crippen MR) is 127 cm³/mol. The van der Waals surface area contributed by atoms with Gasteiger partial charge in [-0.1, -0.05) is 58.4 Å². The Balaban J connectivity index is 1.90. The van der Waals surface area contributed by atoms with Gasteiger partial charge in [0.05, 0.1) is 16.5 Å². The largest absolute Gasteiger partial charge is 0.439 e. The number of fused-ring (bicyclic) bond motifs is 3. The molecule has 5 heteroatoms. The predicted octanol–water partition coefficient (Wildman–Crippen LogP) is 6.77. The fraction of sp³-hybridized carbons (Fsp3) is 0.0800. The number of nitrogens with one attached hydrogen (secondary N) is 1. The SMILES string of the molecule is Cc1ccccc1Nc1oc2c(c1-c1cccc(Br)c1)c(=O)n(C)c1ccccc21. The Kier molecular flexibility index (Phi) is 4.48. The zero-order chi connectivity index (χ0) is 20.8. The third-order valence-corrected chi connectivity index (χ3v) is 5.94. The van der Waals surface area contributed by atoms with Crippen molar-refractivity contribution in [2.45, 2.75) is 6.92 Å². The van der Waals surface area contributed by atoms with Crippen LogP contribution in [0.2, 0.25) is 0 Å². The van der Waals surface area contributed by atoms with Gasteiger partial charge in [0, 0.05) is 22.6 Å². The normalized spacial score (nSPS) is 11.3. The number of nitrogens with zero attached hydrogens (tertiary/aromatic N) is 1. The summed E-state index contributed by atoms with van der Waals surface area (Å²) in [5.41, 5.74) is 5.06. The number of aromatic nitrogens is 1. The topological polar surface area (TPSA) is 47.2 Å². The van der Waals surface area contributed by atoms with E-state index in [0.717, 1.165) is 37.8 Å². The summed E-state index contributed by atoms with van der Waals surface area (Å²) in [6.45, 7) is 2.04. The molecular weight excluding hydrogens is 440 g/mol. The van der Waals surface area contributed by atoms with Crippen molar-refractivity contribution in [3.8, 4) is 11.1 Å². The van der Waals surface area contributed by atoms with E-state index >= 15 is 0 Å². The summed E-state index contributed by atoms with van der Waals surface area (Å²) < 4.78 is 8.99. The van der Waals surface area contributed by atoms with Crippen LogP contribution in [0.4, 0.5) is 11.6 Å². The Morgan fingerprint density at radius 3 is 2.53 bits per heavy atom. The minimum atomic E-state index is -0.0831. The molecule has 4 nitrogen and oxygen atoms in total. The van der Waals surface area contributed by atoms with Gasteiger partial charge in [0.25, 0.3) is 5.56 Å². The van der Waals surface area contributed by atoms with E-state index in [9.17, 15) is 4.79 Å². The quantitative estimate of drug-likeness (QED) is 0.324. The van der Waals surface area contributed by atoms with E-state index in [2.05, 4.69) is 21.2 Å². The van der Waals surface area contributed by atoms with E-state index in [1.807, 2.05) is 79.7 Å². The smallest absolute Gasteiger partial charge is 0.262 e. The summed E-state index contributed by atoms with van der Waals surface area (Å²) >= 11 is 3.55. The second kappa shape index (κ2) is 7.18. The summed E-state index contributed by atoms with van der Waals surface area (Å²) in [6.07, 6.45) is 0. The average Bonchev–Trinajstić information content (AvgIpc) is 3.13. The van der Waals surface area contributed by atoms with Gasteiger partial charge in [-0.3, -0.25) is 4.79 Å². The Labute approximate surface area is 181 Å². The first kappa shape index (κ1) is 18.7. The van der Waals surface area contributed by atoms with Crippen LogP contribution in [0.15, 0.2) is 86.5 Å². The van der Waals surface area contributed by atoms with Gasteiger partial charge in [0.1, 0.15) is 0 Å². The third kappa shape index (κ3) is 2.94. The maximum Gasteiger partial charge on any atom is 0.262 e. The molecule has 0 aliphatic carbocycles. The van der Waals surface area contributed by atoms with Crippen molar-refractivity contribution in [3.63, 3.8) is 0 Å². The average molecular weight is 459 g/mol. The fourth-order valence-corrected chi connectivity index (χ4v) is 4.30. The number of hydrogen-bond acceptors (Lipinski definition) is 3. The van der Waals surface area contributed by atoms with E-state index in [1.54, 1.807) is 11.6 Å². The highest BCUT2D eigenvalue weighted by atomic mass is 79.9. The van der Waals surface area contributed by atoms with Crippen LogP contribution in [0.3, 0.4) is 0 Å². The number of para-hydroxylation sites is 2. The Bertz CT molecular complexity index is 1480. The zero-order valence-electron chi connectivity index (χ0n) is 16.6. The summed E-state index contributed by atoms with van der Waals surface area (Å²) in [7, 11) is 1.80. The van der Waals surface area contributed by atoms with Crippen LogP contribution < -0.4 is 10.9 Å². The Morgan fingerprint density at radius 2 is 1.73 bits per heavy atom. The van der Waals surface area contributed by atoms with Gasteiger partial charge in [-0.15, -0.1) is 0 Å². The molecule has 5 rings (SSSR count). The molecule has 3 aromatic carbocycles. The van der Waals surface area contributed by atoms with Gasteiger partial charge < -0.3 is 14.3 Å². The molecule has 0 atom stereocenters. The Hall–Kier alpha value is -3.31. The van der Waals surface area contributed by atoms with Gasteiger partial charge >= 0.3 is 0 Å². The lowest BCUT2D eigenvalue weighted by molar-refractivity contribution is 0.637. The van der Waals surface area contributed by atoms with E-state index in [0.29, 0.717) is 16.9 Å². The molecule has 5 aromatic rings. The maximum absolute atomic E-state index is 13.4. The molecule has 30 heavy (non-hydrogen) atoms. The maximum atomic E-state index is 13.4. The number of halogens is 1. The van der Waals surface area contributed by atoms with Crippen LogP contribution in [-0.2, 0) is 7.05 Å². The van der Waals surface area contributed by atoms with Crippen LogP contribution in [0.5, 0.6) is 0 Å². The van der Waals surface area contributed by atoms with E-state index in [1.165, 1.54) is 0 Å². The number of hydrogen-bond donors (Lipinski definition) is 1. The first-order valence-electron chi connectivity index (χ1n) is 9.67. The molecule has 1 N–H and O–H groups in total. The van der Waals surface area contributed by atoms with Crippen molar-refractivity contribution in [2.75, 3.05) is 5.32 Å². The van der Waals surface area contributed by atoms with E-state index in [4.69, 9.17) is 4.42 Å². The first-order chi connectivity index (χ1) is 14.5. The molecule has 0 spiro atoms. The zero-order valence-corrected chi connectivity index (χ0v) is 18.2. The summed E-state index contributed by atoms with van der Waals surface area (Å²) in [5, 5.41) is 4.91. The van der Waals surface area contributed by atoms with Gasteiger partial charge in [-0.05, 0) is 48.4 Å². The second-order valence-electron chi connectivity index (χ2n) is 7.34. The van der Waals surface area contributed by atoms with Crippen LogP contribution >= 0.6 is 15.9 Å². The minimum Gasteiger partial charge on any atom is -0.439 e. The molecule has 0 unspecified atom stereocenters. The van der Waals surface area contributed by atoms with Crippen LogP contribution in [0.25, 0.3) is 33.0 Å². The molecule has 0 aliphatic heterocycles. The minimum absolute atomic E-state index is 0.0831. The first-order valence-corrected chi connectivity index (χ1v) is 10.5. The van der Waals surface area contributed by atoms with Gasteiger partial charge in [-0.2, -0.15) is 0 Å². The molecular formula is C25H19BrN2O2. The van der Waals surface area contributed by atoms with E-state index in [-0.39, 0.29) is 5.56 Å². The lowest BCUT2D eigenvalue weighted by atomic mass is 10.0. The molecule has 0 amide bonds. The molecule has 148 valence electrons. The highest BCUT2D eigenvalue weighted by Crippen LogP contribution is 2.41. The summed E-state index contributed by atoms with van der Waals surface area (Å²) in [5.74, 6) is 0.561. The van der Waals surface area contributed by atoms with Crippen molar-refractivity contribution in [3.05, 3.63) is 93.2 Å². The molecule has 0 fully saturated rings. The van der Waals surface area contributed by atoms with Crippen LogP contribution in [-0.4, -0.2) is 4.57 Å². The highest BCUT2D eigenvalue weighted by molar-refractivity contribution is 9.10. The molecule has 0 radical (unpaired) electrons. The van der Waals surface area contributed by atoms with Crippen molar-refractivity contribution in [1.29, 1.82) is 0 Å². The fourth-order valence-electron chi connectivity index (χ4n) is 3.90. The van der Waals surface area contributed by atoms with Crippen molar-refractivity contribution >= 4 is 49.4 Å². The number of benzene rings is 3. The lowest BCUT2D eigenvalue weighted by Gasteiger charge is -2.09. The van der Waals surface area contributed by atoms with Crippen molar-refractivity contribution < 1.29 is 4.42 Å². The molecule has 0 aliphatic rings. The lowest BCUT2D eigenvalue weighted by Crippen LogP contribution is -2.17. The van der Waals surface area contributed by atoms with E-state index < -0.39 is 0 Å². The Morgan fingerprint density at radius 1 is 0.967 bits per heavy atom. The molecule has 0 saturated heterocycles. The standard InChI is InChI=1S/C25H19BrN2O2/c1-15-8-3-5-12-19(15)27-24-21(16-9-7-10-17(26)14-16)22-23(30-24)18-11-4-6-13-20(18)28(2)25(22)29/h3-14,27H,1-2H3. The molecule has 0 saturated carbocycles. The number of pyridine rings is 1. The van der Waals surface area contributed by atoms with Gasteiger partial charge in [0.2, 0.25) is 5.88 Å². The number of anilines is 2. The second-order valence-corrected chi connectivity index (χ2v) is 8.26. The monoisotopic (exact) mass is 458 g/mol. The summed E-state index contributed by atoms with van der Waals surface area (Å²) in [6, 6.07) is 23.8. The van der Waals surface area contributed by atoms with Crippen LogP contribution in [0.1, 0.15) is 5.56 Å². The van der Waals surface area contributed by atoms with Gasteiger partial charge in [-0.25, -0.2) is 0 Å². The van der Waals surface area contributed by atoms with Crippen molar-refractivity contribution in [1.82, 2.24) is 4.57 Å².